The third kappa shape index (κ3) is 3.49. The van der Waals surface area contributed by atoms with E-state index < -0.39 is 24.9 Å². The third-order valence-corrected chi connectivity index (χ3v) is 9.61. The molecule has 0 aliphatic carbocycles. The normalized spacial score (nSPS) is 17.5. The molecule has 0 atom stereocenters. The Morgan fingerprint density at radius 1 is 0.885 bits per heavy atom. The van der Waals surface area contributed by atoms with E-state index in [0.29, 0.717) is 17.0 Å². The minimum Gasteiger partial charge on any atom is -0.315 e. The van der Waals surface area contributed by atoms with E-state index in [1.807, 2.05) is 6.92 Å². The molecule has 0 bridgehead atoms. The fraction of sp³-hybridized carbons (Fsp3) is 0.400. The summed E-state index contributed by atoms with van der Waals surface area (Å²) < 4.78 is 53.3. The van der Waals surface area contributed by atoms with Crippen molar-refractivity contribution in [1.82, 2.24) is 13.6 Å². The number of aryl methyl sites for hydroxylation is 2. The maximum absolute atomic E-state index is 12.7. The van der Waals surface area contributed by atoms with Gasteiger partial charge in [0, 0.05) is 31.9 Å². The number of H-pyrrole nitrogens is 1. The molecule has 0 radical (unpaired) electrons. The van der Waals surface area contributed by atoms with Crippen molar-refractivity contribution < 1.29 is 16.8 Å². The first-order valence-electron chi connectivity index (χ1n) is 7.89. The van der Waals surface area contributed by atoms with Gasteiger partial charge in [-0.25, -0.2) is 16.8 Å². The standard InChI is InChI=1S/C15H19N3O5S3/c1-11-3-5-13(6-4-11)25(20,21)17-7-9-18(10-8-17)26(22,23)14-12(2)16-15(19)24-14/h3-6H,7-10H2,1-2H3,(H,16,19). The van der Waals surface area contributed by atoms with Crippen molar-refractivity contribution in [3.05, 3.63) is 45.2 Å². The van der Waals surface area contributed by atoms with Crippen molar-refractivity contribution in [3.63, 3.8) is 0 Å². The van der Waals surface area contributed by atoms with E-state index in [0.717, 1.165) is 5.56 Å². The number of thiazole rings is 1. The molecule has 26 heavy (non-hydrogen) atoms. The van der Waals surface area contributed by atoms with E-state index in [1.54, 1.807) is 24.3 Å². The molecule has 0 saturated carbocycles. The van der Waals surface area contributed by atoms with Crippen molar-refractivity contribution in [2.75, 3.05) is 26.2 Å². The highest BCUT2D eigenvalue weighted by Crippen LogP contribution is 2.24. The van der Waals surface area contributed by atoms with Crippen LogP contribution >= 0.6 is 11.3 Å². The number of rotatable bonds is 4. The minimum atomic E-state index is -3.81. The molecular formula is C15H19N3O5S3. The molecule has 0 spiro atoms. The highest BCUT2D eigenvalue weighted by molar-refractivity contribution is 7.91. The summed E-state index contributed by atoms with van der Waals surface area (Å²) in [7, 11) is -7.47. The van der Waals surface area contributed by atoms with Crippen molar-refractivity contribution in [1.29, 1.82) is 0 Å². The minimum absolute atomic E-state index is 0.0164. The van der Waals surface area contributed by atoms with E-state index >= 15 is 0 Å². The number of nitrogens with one attached hydrogen (secondary N) is 1. The molecule has 142 valence electrons. The summed E-state index contributed by atoms with van der Waals surface area (Å²) >= 11 is 0.647. The van der Waals surface area contributed by atoms with Gasteiger partial charge in [-0.1, -0.05) is 29.0 Å². The fourth-order valence-electron chi connectivity index (χ4n) is 2.76. The highest BCUT2D eigenvalue weighted by Gasteiger charge is 2.35. The van der Waals surface area contributed by atoms with Crippen LogP contribution in [0.4, 0.5) is 0 Å². The largest absolute Gasteiger partial charge is 0.315 e. The van der Waals surface area contributed by atoms with Crippen molar-refractivity contribution >= 4 is 31.4 Å². The Hall–Kier alpha value is -1.53. The van der Waals surface area contributed by atoms with Crippen LogP contribution in [0.3, 0.4) is 0 Å². The van der Waals surface area contributed by atoms with E-state index in [4.69, 9.17) is 0 Å². The molecule has 1 fully saturated rings. The number of aromatic amines is 1. The van der Waals surface area contributed by atoms with Gasteiger partial charge in [-0.15, -0.1) is 0 Å². The van der Waals surface area contributed by atoms with Crippen LogP contribution in [0.2, 0.25) is 0 Å². The first-order valence-corrected chi connectivity index (χ1v) is 11.6. The zero-order valence-electron chi connectivity index (χ0n) is 14.3. The van der Waals surface area contributed by atoms with E-state index in [2.05, 4.69) is 4.98 Å². The zero-order valence-corrected chi connectivity index (χ0v) is 16.7. The van der Waals surface area contributed by atoms with Crippen molar-refractivity contribution in [2.24, 2.45) is 0 Å². The van der Waals surface area contributed by atoms with Gasteiger partial charge in [0.2, 0.25) is 10.0 Å². The first kappa shape index (κ1) is 19.2. The van der Waals surface area contributed by atoms with Crippen molar-refractivity contribution in [2.45, 2.75) is 23.0 Å². The van der Waals surface area contributed by atoms with Crippen LogP contribution in [0.15, 0.2) is 38.2 Å². The van der Waals surface area contributed by atoms with Crippen LogP contribution in [0.25, 0.3) is 0 Å². The molecule has 1 aromatic carbocycles. The van der Waals surface area contributed by atoms with E-state index in [9.17, 15) is 21.6 Å². The fourth-order valence-corrected chi connectivity index (χ4v) is 7.04. The number of benzene rings is 1. The van der Waals surface area contributed by atoms with Crippen LogP contribution in [0.5, 0.6) is 0 Å². The number of hydrogen-bond acceptors (Lipinski definition) is 6. The number of hydrogen-bond donors (Lipinski definition) is 1. The Labute approximate surface area is 156 Å². The van der Waals surface area contributed by atoms with Crippen LogP contribution in [-0.2, 0) is 20.0 Å². The molecule has 1 aliphatic rings. The van der Waals surface area contributed by atoms with E-state index in [-0.39, 0.29) is 35.3 Å². The van der Waals surface area contributed by atoms with Gasteiger partial charge < -0.3 is 4.98 Å². The lowest BCUT2D eigenvalue weighted by Crippen LogP contribution is -2.50. The molecule has 0 unspecified atom stereocenters. The Kier molecular flexibility index (Phi) is 5.10. The Bertz CT molecular complexity index is 1060. The maximum atomic E-state index is 12.7. The molecular weight excluding hydrogens is 398 g/mol. The van der Waals surface area contributed by atoms with Crippen LogP contribution in [0, 0.1) is 13.8 Å². The zero-order chi connectivity index (χ0) is 19.1. The van der Waals surface area contributed by atoms with Gasteiger partial charge in [-0.3, -0.25) is 4.79 Å². The molecule has 11 heteroatoms. The predicted molar refractivity (Wildman–Crippen MR) is 98.4 cm³/mol. The molecule has 2 heterocycles. The van der Waals surface area contributed by atoms with Gasteiger partial charge in [0.15, 0.2) is 4.21 Å². The van der Waals surface area contributed by atoms with Gasteiger partial charge in [0.1, 0.15) is 0 Å². The molecule has 3 rings (SSSR count). The molecule has 1 aromatic heterocycles. The lowest BCUT2D eigenvalue weighted by molar-refractivity contribution is 0.273. The quantitative estimate of drug-likeness (QED) is 0.790. The van der Waals surface area contributed by atoms with Gasteiger partial charge >= 0.3 is 4.87 Å². The monoisotopic (exact) mass is 417 g/mol. The van der Waals surface area contributed by atoms with Crippen LogP contribution in [-0.4, -0.2) is 56.6 Å². The molecule has 1 N–H and O–H groups in total. The Balaban J connectivity index is 1.78. The lowest BCUT2D eigenvalue weighted by atomic mass is 10.2. The Morgan fingerprint density at radius 2 is 1.38 bits per heavy atom. The molecule has 8 nitrogen and oxygen atoms in total. The van der Waals surface area contributed by atoms with Gasteiger partial charge in [0.05, 0.1) is 4.90 Å². The van der Waals surface area contributed by atoms with Gasteiger partial charge in [-0.2, -0.15) is 8.61 Å². The summed E-state index contributed by atoms with van der Waals surface area (Å²) in [6.45, 7) is 3.61. The first-order chi connectivity index (χ1) is 12.1. The predicted octanol–water partition coefficient (Wildman–Crippen LogP) is 0.748. The molecule has 1 saturated heterocycles. The topological polar surface area (TPSA) is 108 Å². The summed E-state index contributed by atoms with van der Waals surface area (Å²) in [4.78, 5) is 13.6. The average Bonchev–Trinajstić information content (AvgIpc) is 2.94. The average molecular weight is 418 g/mol. The second-order valence-electron chi connectivity index (χ2n) is 6.05. The Morgan fingerprint density at radius 3 is 1.85 bits per heavy atom. The third-order valence-electron chi connectivity index (χ3n) is 4.21. The van der Waals surface area contributed by atoms with Crippen molar-refractivity contribution in [3.8, 4) is 0 Å². The molecule has 2 aromatic rings. The maximum Gasteiger partial charge on any atom is 0.305 e. The van der Waals surface area contributed by atoms with Crippen LogP contribution in [0.1, 0.15) is 11.3 Å². The second kappa shape index (κ2) is 6.89. The van der Waals surface area contributed by atoms with Crippen LogP contribution < -0.4 is 4.87 Å². The highest BCUT2D eigenvalue weighted by atomic mass is 32.2. The smallest absolute Gasteiger partial charge is 0.305 e. The van der Waals surface area contributed by atoms with Gasteiger partial charge in [-0.05, 0) is 26.0 Å². The number of nitrogens with zero attached hydrogens (tertiary/aromatic N) is 2. The number of piperazine rings is 1. The number of aromatic nitrogens is 1. The summed E-state index contributed by atoms with van der Waals surface area (Å²) in [6.07, 6.45) is 0. The summed E-state index contributed by atoms with van der Waals surface area (Å²) in [5, 5.41) is 0. The summed E-state index contributed by atoms with van der Waals surface area (Å²) in [5.74, 6) is 0. The lowest BCUT2D eigenvalue weighted by Gasteiger charge is -2.33. The SMILES string of the molecule is Cc1ccc(S(=O)(=O)N2CCN(S(=O)(=O)c3sc(=O)[nH]c3C)CC2)cc1. The molecule has 0 amide bonds. The van der Waals surface area contributed by atoms with E-state index in [1.165, 1.54) is 15.5 Å². The molecule has 1 aliphatic heterocycles. The summed E-state index contributed by atoms with van der Waals surface area (Å²) in [5.41, 5.74) is 1.26. The second-order valence-corrected chi connectivity index (χ2v) is 11.1. The summed E-state index contributed by atoms with van der Waals surface area (Å²) in [6, 6.07) is 6.55. The van der Waals surface area contributed by atoms with Gasteiger partial charge in [0.25, 0.3) is 10.0 Å². The number of sulfonamides is 2.